The van der Waals surface area contributed by atoms with Crippen LogP contribution in [0.15, 0.2) is 0 Å². The zero-order valence-electron chi connectivity index (χ0n) is 1.67. The van der Waals surface area contributed by atoms with Gasteiger partial charge in [0.1, 0.15) is 0 Å². The van der Waals surface area contributed by atoms with Crippen molar-refractivity contribution in [3.8, 4) is 0 Å². The summed E-state index contributed by atoms with van der Waals surface area (Å²) in [6, 6.07) is 0. The van der Waals surface area contributed by atoms with Crippen LogP contribution >= 0.6 is 0 Å². The Labute approximate surface area is 34.1 Å². The van der Waals surface area contributed by atoms with Crippen LogP contribution in [-0.4, -0.2) is 16.4 Å². The third kappa shape index (κ3) is 30.7. The predicted molar refractivity (Wildman–Crippen MR) is 5.81 cm³/mol. The molecule has 0 amide bonds. The largest absolute Gasteiger partial charge is 2.00 e. The van der Waals surface area contributed by atoms with Gasteiger partial charge < -0.3 is 16.4 Å². The first-order chi connectivity index (χ1) is 0. The Kier molecular flexibility index (Phi) is 10900. The van der Waals surface area contributed by atoms with Crippen LogP contribution in [0.1, 0.15) is 0 Å². The van der Waals surface area contributed by atoms with Gasteiger partial charge in [0.2, 0.25) is 0 Å². The molecule has 0 rings (SSSR count). The molecule has 4 heteroatoms. The summed E-state index contributed by atoms with van der Waals surface area (Å²) in [6.45, 7) is 0. The van der Waals surface area contributed by atoms with Crippen LogP contribution in [0.25, 0.3) is 0 Å². The van der Waals surface area contributed by atoms with Crippen LogP contribution in [-0.2, 0) is 16.8 Å². The molecular formula is H3CoO3-. The monoisotopic (exact) mass is 110 g/mol. The summed E-state index contributed by atoms with van der Waals surface area (Å²) in [5.41, 5.74) is 0. The molecule has 31 valence electrons. The van der Waals surface area contributed by atoms with E-state index in [1.165, 1.54) is 0 Å². The third-order valence-corrected chi connectivity index (χ3v) is 0. The average Bonchev–Trinajstić information content (AvgIpc) is 0. The molecule has 4 heavy (non-hydrogen) atoms. The van der Waals surface area contributed by atoms with Crippen LogP contribution in [0, 0.1) is 0 Å². The second kappa shape index (κ2) is 129. The molecule has 0 heterocycles. The minimum Gasteiger partial charge on any atom is -0.870 e. The topological polar surface area (TPSA) is 90.0 Å². The maximum atomic E-state index is 0. The molecular weight excluding hydrogens is 107 g/mol. The van der Waals surface area contributed by atoms with Crippen molar-refractivity contribution in [3.05, 3.63) is 0 Å². The summed E-state index contributed by atoms with van der Waals surface area (Å²) in [5.74, 6) is 0. The Morgan fingerprint density at radius 3 is 0.500 bits per heavy atom. The van der Waals surface area contributed by atoms with Gasteiger partial charge >= 0.3 is 16.8 Å². The Morgan fingerprint density at radius 1 is 0.500 bits per heavy atom. The molecule has 0 aromatic carbocycles. The molecule has 0 aromatic rings. The zero-order chi connectivity index (χ0) is 0. The van der Waals surface area contributed by atoms with Gasteiger partial charge in [0.05, 0.1) is 0 Å². The quantitative estimate of drug-likeness (QED) is 0.419. The molecule has 0 aromatic heterocycles. The Morgan fingerprint density at radius 2 is 0.500 bits per heavy atom. The van der Waals surface area contributed by atoms with Crippen molar-refractivity contribution < 1.29 is 33.2 Å². The van der Waals surface area contributed by atoms with Gasteiger partial charge in [-0.1, -0.05) is 0 Å². The van der Waals surface area contributed by atoms with E-state index in [-0.39, 0.29) is 33.2 Å². The van der Waals surface area contributed by atoms with Gasteiger partial charge in [-0.05, 0) is 0 Å². The fraction of sp³-hybridized carbons (Fsp3) is 0. The summed E-state index contributed by atoms with van der Waals surface area (Å²) >= 11 is 0. The van der Waals surface area contributed by atoms with Crippen molar-refractivity contribution >= 4 is 0 Å². The molecule has 0 saturated carbocycles. The number of hydrogen-bond donors (Lipinski definition) is 0. The van der Waals surface area contributed by atoms with E-state index in [9.17, 15) is 0 Å². The smallest absolute Gasteiger partial charge is 0.870 e. The molecule has 0 aliphatic carbocycles. The van der Waals surface area contributed by atoms with E-state index in [0.29, 0.717) is 0 Å². The molecule has 0 bridgehead atoms. The van der Waals surface area contributed by atoms with E-state index in [4.69, 9.17) is 0 Å². The summed E-state index contributed by atoms with van der Waals surface area (Å²) in [4.78, 5) is 0. The van der Waals surface area contributed by atoms with Crippen LogP contribution in [0.3, 0.4) is 0 Å². The fourth-order valence-corrected chi connectivity index (χ4v) is 0. The Bertz CT molecular complexity index is 3.25. The number of rotatable bonds is 0. The standard InChI is InChI=1S/Co.3H2O/h;3*1H2/q+2;;;/p-3. The Hall–Kier alpha value is 0.386. The second-order valence-electron chi connectivity index (χ2n) is 0. The maximum Gasteiger partial charge on any atom is 2.00 e. The summed E-state index contributed by atoms with van der Waals surface area (Å²) < 4.78 is 0. The molecule has 0 saturated heterocycles. The van der Waals surface area contributed by atoms with Gasteiger partial charge in [0.15, 0.2) is 0 Å². The molecule has 0 spiro atoms. The van der Waals surface area contributed by atoms with E-state index < -0.39 is 0 Å². The van der Waals surface area contributed by atoms with E-state index in [1.807, 2.05) is 0 Å². The molecule has 0 aliphatic heterocycles. The van der Waals surface area contributed by atoms with Crippen molar-refractivity contribution in [1.29, 1.82) is 0 Å². The normalized spacial score (nSPS) is 0. The molecule has 3 N–H and O–H groups in total. The summed E-state index contributed by atoms with van der Waals surface area (Å²) in [7, 11) is 0. The van der Waals surface area contributed by atoms with Crippen LogP contribution in [0.5, 0.6) is 0 Å². The van der Waals surface area contributed by atoms with Crippen LogP contribution in [0.4, 0.5) is 0 Å². The summed E-state index contributed by atoms with van der Waals surface area (Å²) in [6.07, 6.45) is 0. The first kappa shape index (κ1) is 337. The van der Waals surface area contributed by atoms with E-state index >= 15 is 0 Å². The minimum atomic E-state index is 0. The van der Waals surface area contributed by atoms with E-state index in [0.717, 1.165) is 0 Å². The van der Waals surface area contributed by atoms with Gasteiger partial charge in [0, 0.05) is 0 Å². The fourth-order valence-electron chi connectivity index (χ4n) is 0. The molecule has 0 atom stereocenters. The van der Waals surface area contributed by atoms with Crippen molar-refractivity contribution in [1.82, 2.24) is 0 Å². The molecule has 0 fully saturated rings. The Balaban J connectivity index is 0. The van der Waals surface area contributed by atoms with Crippen LogP contribution in [0.2, 0.25) is 0 Å². The predicted octanol–water partition coefficient (Wildman–Crippen LogP) is -0.533. The first-order valence-corrected chi connectivity index (χ1v) is 0. The van der Waals surface area contributed by atoms with E-state index in [2.05, 4.69) is 0 Å². The number of hydrogen-bond acceptors (Lipinski definition) is 3. The van der Waals surface area contributed by atoms with Gasteiger partial charge in [-0.3, -0.25) is 0 Å². The SMILES string of the molecule is [Co+2].[OH-].[OH-].[OH-]. The molecule has 3 nitrogen and oxygen atoms in total. The van der Waals surface area contributed by atoms with Crippen LogP contribution < -0.4 is 0 Å². The molecule has 0 aliphatic rings. The van der Waals surface area contributed by atoms with Gasteiger partial charge in [-0.25, -0.2) is 0 Å². The van der Waals surface area contributed by atoms with Crippen molar-refractivity contribution in [2.24, 2.45) is 0 Å². The molecule has 1 radical (unpaired) electrons. The van der Waals surface area contributed by atoms with Gasteiger partial charge in [-0.2, -0.15) is 0 Å². The van der Waals surface area contributed by atoms with Crippen molar-refractivity contribution in [2.45, 2.75) is 0 Å². The average molecular weight is 110 g/mol. The van der Waals surface area contributed by atoms with Gasteiger partial charge in [0.25, 0.3) is 0 Å². The third-order valence-electron chi connectivity index (χ3n) is 0. The second-order valence-corrected chi connectivity index (χ2v) is 0. The van der Waals surface area contributed by atoms with Crippen molar-refractivity contribution in [3.63, 3.8) is 0 Å². The first-order valence-electron chi connectivity index (χ1n) is 0. The van der Waals surface area contributed by atoms with Crippen molar-refractivity contribution in [2.75, 3.05) is 0 Å². The zero-order valence-corrected chi connectivity index (χ0v) is 2.72. The summed E-state index contributed by atoms with van der Waals surface area (Å²) in [5, 5.41) is 0. The maximum absolute atomic E-state index is 0. The van der Waals surface area contributed by atoms with E-state index in [1.54, 1.807) is 0 Å². The minimum absolute atomic E-state index is 0. The molecule has 0 unspecified atom stereocenters. The van der Waals surface area contributed by atoms with Gasteiger partial charge in [-0.15, -0.1) is 0 Å².